The van der Waals surface area contributed by atoms with Crippen LogP contribution in [0, 0.1) is 0 Å². The SMILES string of the molecule is CN1CCC2(CC1)CC(NC(=O)CC(F)(F)F)c1ccccc1O2.O=C(O)C(F)(F)F. The molecule has 1 aromatic rings. The number of hydrogen-bond donors (Lipinski definition) is 2. The number of carboxylic acids is 1. The van der Waals surface area contributed by atoms with Gasteiger partial charge in [-0.05, 0) is 26.0 Å². The molecule has 1 fully saturated rings. The van der Waals surface area contributed by atoms with E-state index in [1.165, 1.54) is 0 Å². The van der Waals surface area contributed by atoms with E-state index in [1.807, 2.05) is 19.2 Å². The zero-order valence-corrected chi connectivity index (χ0v) is 16.5. The fraction of sp³-hybridized carbons (Fsp3) is 0.579. The summed E-state index contributed by atoms with van der Waals surface area (Å²) in [7, 11) is 2.03. The lowest BCUT2D eigenvalue weighted by molar-refractivity contribution is -0.192. The van der Waals surface area contributed by atoms with E-state index in [9.17, 15) is 31.1 Å². The number of nitrogens with one attached hydrogen (secondary N) is 1. The molecule has 174 valence electrons. The average Bonchev–Trinajstić information content (AvgIpc) is 2.62. The maximum absolute atomic E-state index is 12.5. The van der Waals surface area contributed by atoms with Crippen molar-refractivity contribution in [1.82, 2.24) is 10.2 Å². The van der Waals surface area contributed by atoms with E-state index in [-0.39, 0.29) is 0 Å². The van der Waals surface area contributed by atoms with E-state index in [0.29, 0.717) is 12.2 Å². The normalized spacial score (nSPS) is 20.7. The molecule has 0 bridgehead atoms. The topological polar surface area (TPSA) is 78.9 Å². The Hall–Kier alpha value is -2.50. The molecule has 31 heavy (non-hydrogen) atoms. The predicted octanol–water partition coefficient (Wildman–Crippen LogP) is 3.68. The molecule has 12 heteroatoms. The Bertz CT molecular complexity index is 788. The highest BCUT2D eigenvalue weighted by atomic mass is 19.4. The first-order valence-electron chi connectivity index (χ1n) is 9.33. The zero-order valence-electron chi connectivity index (χ0n) is 16.5. The molecular weight excluding hydrogens is 434 g/mol. The Balaban J connectivity index is 0.000000423. The highest BCUT2D eigenvalue weighted by molar-refractivity contribution is 5.77. The molecule has 1 unspecified atom stereocenters. The summed E-state index contributed by atoms with van der Waals surface area (Å²) in [5.41, 5.74) is 0.328. The van der Waals surface area contributed by atoms with Crippen molar-refractivity contribution >= 4 is 11.9 Å². The van der Waals surface area contributed by atoms with Gasteiger partial charge in [-0.25, -0.2) is 4.79 Å². The van der Waals surface area contributed by atoms with Gasteiger partial charge in [-0.2, -0.15) is 26.3 Å². The third kappa shape index (κ3) is 7.30. The smallest absolute Gasteiger partial charge is 0.487 e. The van der Waals surface area contributed by atoms with E-state index in [1.54, 1.807) is 12.1 Å². The number of fused-ring (bicyclic) bond motifs is 1. The molecule has 1 atom stereocenters. The molecule has 2 N–H and O–H groups in total. The van der Waals surface area contributed by atoms with Crippen molar-refractivity contribution in [3.8, 4) is 5.75 Å². The Morgan fingerprint density at radius 1 is 1.16 bits per heavy atom. The lowest BCUT2D eigenvalue weighted by atomic mass is 9.80. The first-order valence-corrected chi connectivity index (χ1v) is 9.33. The minimum Gasteiger partial charge on any atom is -0.487 e. The van der Waals surface area contributed by atoms with Gasteiger partial charge in [0, 0.05) is 25.1 Å². The second-order valence-electron chi connectivity index (χ2n) is 7.55. The van der Waals surface area contributed by atoms with Crippen LogP contribution in [0.4, 0.5) is 26.3 Å². The molecule has 0 saturated carbocycles. The van der Waals surface area contributed by atoms with Crippen LogP contribution in [0.1, 0.15) is 37.3 Å². The number of ether oxygens (including phenoxy) is 1. The van der Waals surface area contributed by atoms with E-state index in [2.05, 4.69) is 10.2 Å². The molecule has 1 spiro atoms. The van der Waals surface area contributed by atoms with Crippen LogP contribution in [0.15, 0.2) is 24.3 Å². The van der Waals surface area contributed by atoms with Gasteiger partial charge in [0.05, 0.1) is 6.04 Å². The van der Waals surface area contributed by atoms with Crippen LogP contribution in [0.25, 0.3) is 0 Å². The van der Waals surface area contributed by atoms with Gasteiger partial charge in [0.15, 0.2) is 0 Å². The van der Waals surface area contributed by atoms with Crippen molar-refractivity contribution in [2.45, 2.75) is 49.7 Å². The lowest BCUT2D eigenvalue weighted by Gasteiger charge is -2.46. The maximum Gasteiger partial charge on any atom is 0.490 e. The molecule has 2 aliphatic rings. The minimum atomic E-state index is -5.08. The molecule has 3 rings (SSSR count). The number of para-hydroxylation sites is 1. The number of halogens is 6. The quantitative estimate of drug-likeness (QED) is 0.664. The number of carbonyl (C=O) groups excluding carboxylic acids is 1. The molecule has 0 radical (unpaired) electrons. The maximum atomic E-state index is 12.5. The Morgan fingerprint density at radius 2 is 1.71 bits per heavy atom. The number of aliphatic carboxylic acids is 1. The van der Waals surface area contributed by atoms with Crippen molar-refractivity contribution in [3.63, 3.8) is 0 Å². The monoisotopic (exact) mass is 456 g/mol. The second-order valence-corrected chi connectivity index (χ2v) is 7.55. The number of alkyl halides is 6. The Kier molecular flexibility index (Phi) is 7.45. The summed E-state index contributed by atoms with van der Waals surface area (Å²) in [5, 5.41) is 9.69. The minimum absolute atomic E-state index is 0.420. The molecule has 0 aliphatic carbocycles. The average molecular weight is 456 g/mol. The Morgan fingerprint density at radius 3 is 2.23 bits per heavy atom. The van der Waals surface area contributed by atoms with Crippen LogP contribution >= 0.6 is 0 Å². The first kappa shape index (κ1) is 24.8. The van der Waals surface area contributed by atoms with Crippen molar-refractivity contribution in [3.05, 3.63) is 29.8 Å². The summed E-state index contributed by atoms with van der Waals surface area (Å²) in [6.45, 7) is 1.73. The fourth-order valence-corrected chi connectivity index (χ4v) is 3.51. The van der Waals surface area contributed by atoms with E-state index in [4.69, 9.17) is 14.6 Å². The summed E-state index contributed by atoms with van der Waals surface area (Å²) in [6, 6.07) is 6.81. The van der Waals surface area contributed by atoms with Crippen molar-refractivity contribution in [2.75, 3.05) is 20.1 Å². The molecular formula is C19H22F6N2O4. The van der Waals surface area contributed by atoms with Gasteiger partial charge in [0.1, 0.15) is 17.8 Å². The lowest BCUT2D eigenvalue weighted by Crippen LogP contribution is -2.51. The number of likely N-dealkylation sites (tertiary alicyclic amines) is 1. The zero-order chi connectivity index (χ0) is 23.4. The molecule has 6 nitrogen and oxygen atoms in total. The van der Waals surface area contributed by atoms with Crippen molar-refractivity contribution < 1.29 is 45.8 Å². The van der Waals surface area contributed by atoms with E-state index >= 15 is 0 Å². The molecule has 1 saturated heterocycles. The number of benzene rings is 1. The van der Waals surface area contributed by atoms with Crippen LogP contribution in [0.2, 0.25) is 0 Å². The molecule has 2 heterocycles. The number of rotatable bonds is 2. The van der Waals surface area contributed by atoms with E-state index < -0.39 is 42.3 Å². The van der Waals surface area contributed by atoms with Gasteiger partial charge in [-0.3, -0.25) is 4.79 Å². The first-order chi connectivity index (χ1) is 14.2. The third-order valence-electron chi connectivity index (χ3n) is 5.03. The van der Waals surface area contributed by atoms with Gasteiger partial charge in [0.2, 0.25) is 5.91 Å². The van der Waals surface area contributed by atoms with E-state index in [0.717, 1.165) is 31.5 Å². The van der Waals surface area contributed by atoms with Crippen molar-refractivity contribution in [2.24, 2.45) is 0 Å². The summed E-state index contributed by atoms with van der Waals surface area (Å²) >= 11 is 0. The van der Waals surface area contributed by atoms with Crippen LogP contribution in [0.5, 0.6) is 5.75 Å². The third-order valence-corrected chi connectivity index (χ3v) is 5.03. The molecule has 0 aromatic heterocycles. The number of carbonyl (C=O) groups is 2. The number of nitrogens with zero attached hydrogens (tertiary/aromatic N) is 1. The van der Waals surface area contributed by atoms with Gasteiger partial charge in [0.25, 0.3) is 0 Å². The van der Waals surface area contributed by atoms with Crippen LogP contribution in [-0.2, 0) is 9.59 Å². The van der Waals surface area contributed by atoms with Gasteiger partial charge < -0.3 is 20.1 Å². The van der Waals surface area contributed by atoms with Gasteiger partial charge >= 0.3 is 18.3 Å². The summed E-state index contributed by atoms with van der Waals surface area (Å²) < 4.78 is 75.3. The van der Waals surface area contributed by atoms with Gasteiger partial charge in [-0.1, -0.05) is 18.2 Å². The number of amides is 1. The predicted molar refractivity (Wildman–Crippen MR) is 96.4 cm³/mol. The summed E-state index contributed by atoms with van der Waals surface area (Å²) in [5.74, 6) is -3.09. The van der Waals surface area contributed by atoms with Crippen LogP contribution < -0.4 is 10.1 Å². The molecule has 1 aromatic carbocycles. The summed E-state index contributed by atoms with van der Waals surface area (Å²) in [6.07, 6.45) is -8.95. The summed E-state index contributed by atoms with van der Waals surface area (Å²) in [4.78, 5) is 22.9. The molecule has 1 amide bonds. The van der Waals surface area contributed by atoms with Gasteiger partial charge in [-0.15, -0.1) is 0 Å². The number of carboxylic acid groups (broad SMARTS) is 1. The van der Waals surface area contributed by atoms with Crippen molar-refractivity contribution in [1.29, 1.82) is 0 Å². The Labute approximate surface area is 174 Å². The number of piperidine rings is 1. The van der Waals surface area contributed by atoms with Crippen LogP contribution in [0.3, 0.4) is 0 Å². The fourth-order valence-electron chi connectivity index (χ4n) is 3.51. The molecule has 2 aliphatic heterocycles. The van der Waals surface area contributed by atoms with Crippen LogP contribution in [-0.4, -0.2) is 60.0 Å². The standard InChI is InChI=1S/C17H21F3N2O2.C2HF3O2/c1-22-8-6-16(7-9-22)10-13(21-15(23)11-17(18,19)20)12-4-2-3-5-14(12)24-16;3-2(4,5)1(6)7/h2-5,13H,6-11H2,1H3,(H,21,23);(H,6,7). The highest BCUT2D eigenvalue weighted by Gasteiger charge is 2.44. The second kappa shape index (κ2) is 9.33. The largest absolute Gasteiger partial charge is 0.490 e. The number of hydrogen-bond acceptors (Lipinski definition) is 4. The highest BCUT2D eigenvalue weighted by Crippen LogP contribution is 2.44.